The van der Waals surface area contributed by atoms with E-state index >= 15 is 0 Å². The van der Waals surface area contributed by atoms with Gasteiger partial charge in [-0.05, 0) is 91.3 Å². The van der Waals surface area contributed by atoms with Gasteiger partial charge in [-0.25, -0.2) is 9.97 Å². The summed E-state index contributed by atoms with van der Waals surface area (Å²) in [5.41, 5.74) is 5.30. The van der Waals surface area contributed by atoms with Crippen molar-refractivity contribution in [1.82, 2.24) is 30.4 Å². The van der Waals surface area contributed by atoms with Crippen LogP contribution in [0.2, 0.25) is 0 Å². The molecule has 4 fully saturated rings. The van der Waals surface area contributed by atoms with E-state index < -0.39 is 11.5 Å². The lowest BCUT2D eigenvalue weighted by Gasteiger charge is -2.35. The van der Waals surface area contributed by atoms with Crippen LogP contribution < -0.4 is 10.6 Å². The zero-order valence-electron chi connectivity index (χ0n) is 35.7. The van der Waals surface area contributed by atoms with Crippen LogP contribution in [-0.4, -0.2) is 70.0 Å². The third-order valence-electron chi connectivity index (χ3n) is 13.4. The second-order valence-electron chi connectivity index (χ2n) is 17.9. The lowest BCUT2D eigenvalue weighted by Crippen LogP contribution is -2.50. The van der Waals surface area contributed by atoms with E-state index in [1.165, 1.54) is 0 Å². The molecule has 2 N–H and O–H groups in total. The average Bonchev–Trinajstić information content (AvgIpc) is 4.12. The van der Waals surface area contributed by atoms with Gasteiger partial charge < -0.3 is 20.3 Å². The van der Waals surface area contributed by atoms with E-state index in [1.807, 2.05) is 78.0 Å². The van der Waals surface area contributed by atoms with Crippen LogP contribution in [0.15, 0.2) is 122 Å². The quantitative estimate of drug-likeness (QED) is 0.0929. The number of nitrogens with zero attached hydrogens (tertiary/aromatic N) is 4. The van der Waals surface area contributed by atoms with Gasteiger partial charge in [-0.2, -0.15) is 0 Å². The summed E-state index contributed by atoms with van der Waals surface area (Å²) in [6, 6.07) is 35.9. The fourth-order valence-electron chi connectivity index (χ4n) is 9.35. The topological polar surface area (TPSA) is 125 Å². The fraction of sp³-hybridized carbons (Fsp3) is 0.346. The van der Waals surface area contributed by atoms with Gasteiger partial charge in [-0.15, -0.1) is 22.7 Å². The number of thiazole rings is 2. The molecule has 2 aliphatic carbocycles. The molecule has 4 aliphatic rings. The summed E-state index contributed by atoms with van der Waals surface area (Å²) in [5, 5.41) is 8.15. The van der Waals surface area contributed by atoms with Crippen molar-refractivity contribution in [3.05, 3.63) is 143 Å². The molecule has 3 amide bonds. The van der Waals surface area contributed by atoms with Crippen molar-refractivity contribution in [1.29, 1.82) is 0 Å². The Balaban J connectivity index is 0.795. The molecule has 1 unspecified atom stereocenters. The first-order chi connectivity index (χ1) is 31.4. The lowest BCUT2D eigenvalue weighted by molar-refractivity contribution is -0.137. The molecule has 0 radical (unpaired) electrons. The number of nitrogens with one attached hydrogen (secondary N) is 2. The van der Waals surface area contributed by atoms with E-state index in [9.17, 15) is 19.2 Å². The summed E-state index contributed by atoms with van der Waals surface area (Å²) < 4.78 is 0. The summed E-state index contributed by atoms with van der Waals surface area (Å²) in [7, 11) is 0. The van der Waals surface area contributed by atoms with Crippen molar-refractivity contribution >= 4 is 46.7 Å². The molecule has 2 saturated heterocycles. The van der Waals surface area contributed by atoms with Crippen LogP contribution in [-0.2, 0) is 24.6 Å². The highest BCUT2D eigenvalue weighted by atomic mass is 32.1. The van der Waals surface area contributed by atoms with Crippen LogP contribution in [0.5, 0.6) is 0 Å². The summed E-state index contributed by atoms with van der Waals surface area (Å²) in [5.74, 6) is 0.0269. The predicted molar refractivity (Wildman–Crippen MR) is 251 cm³/mol. The van der Waals surface area contributed by atoms with E-state index in [1.54, 1.807) is 22.7 Å². The number of aldehydes is 1. The van der Waals surface area contributed by atoms with Crippen LogP contribution in [0.3, 0.4) is 0 Å². The average molecular weight is 889 g/mol. The Bertz CT molecular complexity index is 2610. The maximum Gasteiger partial charge on any atom is 0.250 e. The molecular weight excluding hydrogens is 837 g/mol. The van der Waals surface area contributed by atoms with Crippen LogP contribution in [0.4, 0.5) is 0 Å². The highest BCUT2D eigenvalue weighted by Crippen LogP contribution is 2.42. The van der Waals surface area contributed by atoms with Crippen molar-refractivity contribution in [2.45, 2.75) is 74.9 Å². The van der Waals surface area contributed by atoms with Gasteiger partial charge >= 0.3 is 0 Å². The molecule has 0 spiro atoms. The van der Waals surface area contributed by atoms with Gasteiger partial charge in [-0.3, -0.25) is 19.3 Å². The minimum Gasteiger partial charge on any atom is -0.354 e. The lowest BCUT2D eigenvalue weighted by atomic mass is 9.80. The Morgan fingerprint density at radius 2 is 1.19 bits per heavy atom. The van der Waals surface area contributed by atoms with Crippen LogP contribution in [0.25, 0.3) is 32.0 Å². The Morgan fingerprint density at radius 1 is 0.656 bits per heavy atom. The van der Waals surface area contributed by atoms with Crippen molar-refractivity contribution in [3.8, 4) is 32.0 Å². The molecule has 4 aromatic carbocycles. The number of carbonyl (C=O) groups is 4. The number of likely N-dealkylation sites (tertiary alicyclic amines) is 2. The van der Waals surface area contributed by atoms with E-state index in [-0.39, 0.29) is 48.2 Å². The highest BCUT2D eigenvalue weighted by molar-refractivity contribution is 7.15. The molecule has 2 aliphatic heterocycles. The number of aromatic nitrogens is 2. The third-order valence-corrected chi connectivity index (χ3v) is 15.7. The van der Waals surface area contributed by atoms with E-state index in [4.69, 9.17) is 9.97 Å². The summed E-state index contributed by atoms with van der Waals surface area (Å²) in [6.07, 6.45) is 12.3. The van der Waals surface area contributed by atoms with Gasteiger partial charge in [0.15, 0.2) is 0 Å². The number of hydrogen-bond donors (Lipinski definition) is 2. The second kappa shape index (κ2) is 18.3. The monoisotopic (exact) mass is 888 g/mol. The molecule has 10 rings (SSSR count). The molecule has 2 aromatic heterocycles. The summed E-state index contributed by atoms with van der Waals surface area (Å²) in [6.45, 7) is 2.31. The van der Waals surface area contributed by atoms with Crippen LogP contribution in [0, 0.1) is 11.8 Å². The van der Waals surface area contributed by atoms with Gasteiger partial charge in [0.1, 0.15) is 22.3 Å². The SMILES string of the molecule is O=CC(CNC(=O)C1CC1)(CN1CCC[C@H]1c1ncc(-c2ccc(-c3ccc(-c4cnc([C@@H]5CCCN5C(=O)[C@H](NC(=O)C5CC5)c5ccccc5)s4)cc3)cc2)s1)c1ccccc1. The smallest absolute Gasteiger partial charge is 0.250 e. The minimum atomic E-state index is -0.852. The molecule has 4 heterocycles. The van der Waals surface area contributed by atoms with E-state index in [2.05, 4.69) is 64.1 Å². The normalized spacial score (nSPS) is 20.1. The summed E-state index contributed by atoms with van der Waals surface area (Å²) in [4.78, 5) is 68.9. The molecule has 6 aromatic rings. The molecule has 2 saturated carbocycles. The van der Waals surface area contributed by atoms with Crippen LogP contribution >= 0.6 is 22.7 Å². The Morgan fingerprint density at radius 3 is 1.78 bits per heavy atom. The van der Waals surface area contributed by atoms with Gasteiger partial charge in [0.05, 0.1) is 27.3 Å². The molecule has 12 heteroatoms. The first-order valence-electron chi connectivity index (χ1n) is 22.7. The summed E-state index contributed by atoms with van der Waals surface area (Å²) >= 11 is 3.34. The predicted octanol–water partition coefficient (Wildman–Crippen LogP) is 9.33. The Hall–Kier alpha value is -5.82. The van der Waals surface area contributed by atoms with Gasteiger partial charge in [0.25, 0.3) is 0 Å². The van der Waals surface area contributed by atoms with E-state index in [0.717, 1.165) is 117 Å². The van der Waals surface area contributed by atoms with Crippen molar-refractivity contribution in [2.75, 3.05) is 26.2 Å². The van der Waals surface area contributed by atoms with Crippen molar-refractivity contribution in [2.24, 2.45) is 11.8 Å². The first kappa shape index (κ1) is 42.1. The Kier molecular flexibility index (Phi) is 12.1. The van der Waals surface area contributed by atoms with Crippen molar-refractivity contribution < 1.29 is 19.2 Å². The largest absolute Gasteiger partial charge is 0.354 e. The number of hydrogen-bond acceptors (Lipinski definition) is 9. The zero-order valence-corrected chi connectivity index (χ0v) is 37.4. The zero-order chi connectivity index (χ0) is 43.6. The molecule has 0 bridgehead atoms. The molecular formula is C52H52N6O4S2. The van der Waals surface area contributed by atoms with Crippen LogP contribution in [0.1, 0.15) is 90.6 Å². The Labute approximate surface area is 382 Å². The molecule has 64 heavy (non-hydrogen) atoms. The maximum absolute atomic E-state index is 14.1. The third kappa shape index (κ3) is 8.96. The fourth-order valence-corrected chi connectivity index (χ4v) is 11.5. The second-order valence-corrected chi connectivity index (χ2v) is 20.0. The standard InChI is InChI=1S/C52H52N6O4S2/c59-33-52(41-11-5-2-6-12-41,31-55-47(60)39-23-24-39)32-57-27-7-13-42(57)49-53-29-44(63-49)36-19-15-34(16-20-36)35-17-21-37(22-18-35)45-30-54-50(64-45)43-14-8-28-58(43)51(62)46(38-9-3-1-4-10-38)56-48(61)40-25-26-40/h1-6,9-12,15-22,29-30,33,39-40,42-43,46H,7-8,13-14,23-28,31-32H2,(H,55,60)(H,56,61)/t42-,43-,46+,52?/m0/s1. The van der Waals surface area contributed by atoms with Gasteiger partial charge in [0.2, 0.25) is 17.7 Å². The molecule has 326 valence electrons. The minimum absolute atomic E-state index is 0.0120. The maximum atomic E-state index is 14.1. The number of rotatable bonds is 16. The van der Waals surface area contributed by atoms with E-state index in [0.29, 0.717) is 13.1 Å². The highest BCUT2D eigenvalue weighted by Gasteiger charge is 2.42. The first-order valence-corrected chi connectivity index (χ1v) is 24.3. The molecule has 10 nitrogen and oxygen atoms in total. The van der Waals surface area contributed by atoms with Crippen molar-refractivity contribution in [3.63, 3.8) is 0 Å². The van der Waals surface area contributed by atoms with Gasteiger partial charge in [0, 0.05) is 43.9 Å². The number of carbonyl (C=O) groups excluding carboxylic acids is 4. The molecule has 4 atom stereocenters. The van der Waals surface area contributed by atoms with Gasteiger partial charge in [-0.1, -0.05) is 109 Å². The number of benzene rings is 4. The number of amides is 3.